The first-order valence-electron chi connectivity index (χ1n) is 8.83. The molecule has 0 radical (unpaired) electrons. The van der Waals surface area contributed by atoms with Crippen molar-refractivity contribution in [1.29, 1.82) is 0 Å². The molecule has 0 aliphatic carbocycles. The zero-order valence-electron chi connectivity index (χ0n) is 16.6. The predicted molar refractivity (Wildman–Crippen MR) is 113 cm³/mol. The Labute approximate surface area is 175 Å². The van der Waals surface area contributed by atoms with Gasteiger partial charge in [-0.25, -0.2) is 0 Å². The van der Waals surface area contributed by atoms with E-state index in [0.717, 1.165) is 22.4 Å². The number of likely N-dealkylation sites (N-methyl/N-ethyl adjacent to an activating group) is 1. The highest BCUT2D eigenvalue weighted by molar-refractivity contribution is 6.42. The first-order valence-corrected chi connectivity index (χ1v) is 9.59. The number of aryl methyl sites for hydroxylation is 3. The van der Waals surface area contributed by atoms with Gasteiger partial charge < -0.3 is 15.0 Å². The van der Waals surface area contributed by atoms with Crippen LogP contribution in [0.5, 0.6) is 5.75 Å². The molecule has 2 amide bonds. The molecule has 0 heterocycles. The highest BCUT2D eigenvalue weighted by Gasteiger charge is 2.22. The minimum Gasteiger partial charge on any atom is -0.479 e. The summed E-state index contributed by atoms with van der Waals surface area (Å²) in [7, 11) is 1.55. The van der Waals surface area contributed by atoms with Gasteiger partial charge in [-0.2, -0.15) is 0 Å². The van der Waals surface area contributed by atoms with Crippen molar-refractivity contribution in [3.05, 3.63) is 57.1 Å². The smallest absolute Gasteiger partial charge is 0.263 e. The quantitative estimate of drug-likeness (QED) is 0.728. The van der Waals surface area contributed by atoms with E-state index in [4.69, 9.17) is 27.9 Å². The van der Waals surface area contributed by atoms with Crippen LogP contribution in [0.1, 0.15) is 23.6 Å². The van der Waals surface area contributed by atoms with Crippen LogP contribution in [0.2, 0.25) is 10.0 Å². The number of rotatable bonds is 6. The molecule has 1 unspecified atom stereocenters. The zero-order valence-corrected chi connectivity index (χ0v) is 18.1. The Morgan fingerprint density at radius 3 is 2.36 bits per heavy atom. The van der Waals surface area contributed by atoms with Gasteiger partial charge in [0.25, 0.3) is 5.91 Å². The molecule has 1 atom stereocenters. The summed E-state index contributed by atoms with van der Waals surface area (Å²) < 4.78 is 5.62. The minimum absolute atomic E-state index is 0.0947. The molecule has 2 aromatic carbocycles. The van der Waals surface area contributed by atoms with Crippen molar-refractivity contribution in [3.63, 3.8) is 0 Å². The van der Waals surface area contributed by atoms with Gasteiger partial charge in [0.2, 0.25) is 5.91 Å². The first kappa shape index (κ1) is 22.1. The van der Waals surface area contributed by atoms with Crippen LogP contribution >= 0.6 is 23.2 Å². The van der Waals surface area contributed by atoms with Crippen molar-refractivity contribution >= 4 is 40.7 Å². The molecule has 0 saturated carbocycles. The average molecular weight is 423 g/mol. The van der Waals surface area contributed by atoms with E-state index in [1.807, 2.05) is 32.9 Å². The van der Waals surface area contributed by atoms with Crippen molar-refractivity contribution in [2.24, 2.45) is 0 Å². The Bertz CT molecular complexity index is 876. The van der Waals surface area contributed by atoms with Crippen LogP contribution in [0.15, 0.2) is 30.3 Å². The molecule has 0 fully saturated rings. The van der Waals surface area contributed by atoms with E-state index in [1.165, 1.54) is 4.90 Å². The number of halogens is 2. The number of ether oxygens (including phenoxy) is 1. The Kier molecular flexibility index (Phi) is 7.33. The largest absolute Gasteiger partial charge is 0.479 e. The molecule has 0 aromatic heterocycles. The maximum absolute atomic E-state index is 12.6. The van der Waals surface area contributed by atoms with Crippen LogP contribution in [0, 0.1) is 20.8 Å². The van der Waals surface area contributed by atoms with Gasteiger partial charge in [-0.15, -0.1) is 0 Å². The van der Waals surface area contributed by atoms with E-state index in [1.54, 1.807) is 32.2 Å². The maximum Gasteiger partial charge on any atom is 0.263 e. The standard InChI is InChI=1S/C21H24Cl2N2O3/c1-12-9-13(2)20(14(3)10-12)24-18(26)11-25(5)21(27)15(4)28-17-8-6-7-16(22)19(17)23/h6-10,15H,11H2,1-5H3,(H,24,26). The minimum atomic E-state index is -0.823. The van der Waals surface area contributed by atoms with Gasteiger partial charge in [-0.3, -0.25) is 9.59 Å². The van der Waals surface area contributed by atoms with E-state index in [-0.39, 0.29) is 23.4 Å². The Morgan fingerprint density at radius 2 is 1.75 bits per heavy atom. The topological polar surface area (TPSA) is 58.6 Å². The van der Waals surface area contributed by atoms with E-state index >= 15 is 0 Å². The maximum atomic E-state index is 12.6. The molecular formula is C21H24Cl2N2O3. The van der Waals surface area contributed by atoms with E-state index in [2.05, 4.69) is 5.32 Å². The van der Waals surface area contributed by atoms with Crippen molar-refractivity contribution in [2.45, 2.75) is 33.8 Å². The molecule has 0 aliphatic heterocycles. The summed E-state index contributed by atoms with van der Waals surface area (Å²) in [6, 6.07) is 8.96. The van der Waals surface area contributed by atoms with Gasteiger partial charge in [0, 0.05) is 12.7 Å². The van der Waals surface area contributed by atoms with Crippen molar-refractivity contribution in [1.82, 2.24) is 4.90 Å². The highest BCUT2D eigenvalue weighted by Crippen LogP contribution is 2.32. The van der Waals surface area contributed by atoms with Gasteiger partial charge in [-0.05, 0) is 51.0 Å². The first-order chi connectivity index (χ1) is 13.1. The number of nitrogens with one attached hydrogen (secondary N) is 1. The molecule has 1 N–H and O–H groups in total. The third-order valence-corrected chi connectivity index (χ3v) is 5.07. The third-order valence-electron chi connectivity index (χ3n) is 4.27. The fourth-order valence-corrected chi connectivity index (χ4v) is 3.31. The lowest BCUT2D eigenvalue weighted by atomic mass is 10.1. The van der Waals surface area contributed by atoms with Gasteiger partial charge >= 0.3 is 0 Å². The van der Waals surface area contributed by atoms with Crippen molar-refractivity contribution in [2.75, 3.05) is 18.9 Å². The van der Waals surface area contributed by atoms with Crippen LogP contribution in [-0.2, 0) is 9.59 Å². The number of hydrogen-bond donors (Lipinski definition) is 1. The van der Waals surface area contributed by atoms with Gasteiger partial charge in [0.05, 0.1) is 11.6 Å². The molecule has 0 saturated heterocycles. The monoisotopic (exact) mass is 422 g/mol. The van der Waals surface area contributed by atoms with Crippen molar-refractivity contribution in [3.8, 4) is 5.75 Å². The second kappa shape index (κ2) is 9.30. The fourth-order valence-electron chi connectivity index (χ4n) is 2.98. The Balaban J connectivity index is 1.99. The van der Waals surface area contributed by atoms with E-state index in [0.29, 0.717) is 10.8 Å². The summed E-state index contributed by atoms with van der Waals surface area (Å²) in [6.07, 6.45) is -0.823. The number of benzene rings is 2. The second-order valence-electron chi connectivity index (χ2n) is 6.83. The highest BCUT2D eigenvalue weighted by atomic mass is 35.5. The van der Waals surface area contributed by atoms with E-state index < -0.39 is 6.10 Å². The number of carbonyl (C=O) groups is 2. The molecule has 0 bridgehead atoms. The van der Waals surface area contributed by atoms with Gasteiger partial charge in [0.15, 0.2) is 6.10 Å². The summed E-state index contributed by atoms with van der Waals surface area (Å²) in [4.78, 5) is 26.3. The molecule has 5 nitrogen and oxygen atoms in total. The van der Waals surface area contributed by atoms with Crippen LogP contribution in [0.25, 0.3) is 0 Å². The zero-order chi connectivity index (χ0) is 21.0. The molecule has 0 aliphatic rings. The molecular weight excluding hydrogens is 399 g/mol. The average Bonchev–Trinajstić information content (AvgIpc) is 2.61. The third kappa shape index (κ3) is 5.40. The Hall–Kier alpha value is -2.24. The number of nitrogens with zero attached hydrogens (tertiary/aromatic N) is 1. The van der Waals surface area contributed by atoms with E-state index in [9.17, 15) is 9.59 Å². The normalized spacial score (nSPS) is 11.7. The van der Waals surface area contributed by atoms with Crippen molar-refractivity contribution < 1.29 is 14.3 Å². The lowest BCUT2D eigenvalue weighted by Gasteiger charge is -2.22. The number of hydrogen-bond acceptors (Lipinski definition) is 3. The summed E-state index contributed by atoms with van der Waals surface area (Å²) in [5.41, 5.74) is 3.86. The fraction of sp³-hybridized carbons (Fsp3) is 0.333. The number of carbonyl (C=O) groups excluding carboxylic acids is 2. The predicted octanol–water partition coefficient (Wildman–Crippen LogP) is 4.78. The SMILES string of the molecule is Cc1cc(C)c(NC(=O)CN(C)C(=O)C(C)Oc2cccc(Cl)c2Cl)c(C)c1. The molecule has 7 heteroatoms. The van der Waals surface area contributed by atoms with Gasteiger partial charge in [0.1, 0.15) is 10.8 Å². The number of anilines is 1. The summed E-state index contributed by atoms with van der Waals surface area (Å²) >= 11 is 12.1. The van der Waals surface area contributed by atoms with Crippen LogP contribution in [-0.4, -0.2) is 36.4 Å². The summed E-state index contributed by atoms with van der Waals surface area (Å²) in [5, 5.41) is 3.47. The van der Waals surface area contributed by atoms with Gasteiger partial charge in [-0.1, -0.05) is 47.0 Å². The van der Waals surface area contributed by atoms with Crippen LogP contribution in [0.4, 0.5) is 5.69 Å². The second-order valence-corrected chi connectivity index (χ2v) is 7.61. The Morgan fingerprint density at radius 1 is 1.14 bits per heavy atom. The molecule has 28 heavy (non-hydrogen) atoms. The lowest BCUT2D eigenvalue weighted by molar-refractivity contribution is -0.139. The summed E-state index contributed by atoms with van der Waals surface area (Å²) in [6.45, 7) is 7.39. The molecule has 150 valence electrons. The van der Waals surface area contributed by atoms with Crippen LogP contribution < -0.4 is 10.1 Å². The molecule has 2 aromatic rings. The summed E-state index contributed by atoms with van der Waals surface area (Å²) in [5.74, 6) is -0.304. The molecule has 2 rings (SSSR count). The number of amides is 2. The molecule has 0 spiro atoms. The lowest BCUT2D eigenvalue weighted by Crippen LogP contribution is -2.42. The van der Waals surface area contributed by atoms with Crippen LogP contribution in [0.3, 0.4) is 0 Å².